The van der Waals surface area contributed by atoms with Crippen molar-refractivity contribution in [3.05, 3.63) is 113 Å². The maximum atomic E-state index is 15.3. The van der Waals surface area contributed by atoms with E-state index < -0.39 is 11.8 Å². The lowest BCUT2D eigenvalue weighted by molar-refractivity contribution is 0.0697. The van der Waals surface area contributed by atoms with Crippen LogP contribution < -0.4 is 5.32 Å². The average Bonchev–Trinajstić information content (AvgIpc) is 3.35. The fraction of sp³-hybridized carbons (Fsp3) is 0.258. The Bertz CT molecular complexity index is 1440. The summed E-state index contributed by atoms with van der Waals surface area (Å²) in [7, 11) is 0. The first-order chi connectivity index (χ1) is 18.9. The van der Waals surface area contributed by atoms with Crippen molar-refractivity contribution in [1.82, 2.24) is 15.1 Å². The van der Waals surface area contributed by atoms with Gasteiger partial charge in [-0.1, -0.05) is 74.0 Å². The van der Waals surface area contributed by atoms with Gasteiger partial charge in [-0.25, -0.2) is 9.18 Å². The molecule has 1 unspecified atom stereocenters. The van der Waals surface area contributed by atoms with Crippen LogP contribution in [-0.4, -0.2) is 38.6 Å². The van der Waals surface area contributed by atoms with Gasteiger partial charge in [0.25, 0.3) is 5.91 Å². The Hall–Kier alpha value is -3.91. The van der Waals surface area contributed by atoms with E-state index in [4.69, 9.17) is 0 Å². The maximum Gasteiger partial charge on any atom is 0.336 e. The van der Waals surface area contributed by atoms with Crippen molar-refractivity contribution in [2.45, 2.75) is 45.2 Å². The molecule has 0 saturated heterocycles. The molecule has 8 heteroatoms. The number of carboxylic acids is 1. The summed E-state index contributed by atoms with van der Waals surface area (Å²) >= 11 is 4.42. The smallest absolute Gasteiger partial charge is 0.336 e. The van der Waals surface area contributed by atoms with Gasteiger partial charge < -0.3 is 10.4 Å². The van der Waals surface area contributed by atoms with E-state index in [-0.39, 0.29) is 29.8 Å². The highest BCUT2D eigenvalue weighted by atomic mass is 32.1. The number of thiol groups is 1. The number of aromatic carboxylic acids is 1. The Morgan fingerprint density at radius 1 is 1.05 bits per heavy atom. The third kappa shape index (κ3) is 7.15. The molecular formula is C31H32FN3O3S. The van der Waals surface area contributed by atoms with Gasteiger partial charge in [-0.3, -0.25) is 9.48 Å². The number of unbranched alkanes of at least 4 members (excludes halogenated alkanes) is 1. The Kier molecular flexibility index (Phi) is 9.54. The normalized spacial score (nSPS) is 11.8. The lowest BCUT2D eigenvalue weighted by atomic mass is 9.98. The molecule has 1 heterocycles. The van der Waals surface area contributed by atoms with Crippen LogP contribution in [0.2, 0.25) is 0 Å². The Morgan fingerprint density at radius 3 is 2.49 bits per heavy atom. The second-order valence-electron chi connectivity index (χ2n) is 9.48. The summed E-state index contributed by atoms with van der Waals surface area (Å²) in [5, 5.41) is 17.1. The van der Waals surface area contributed by atoms with E-state index in [2.05, 4.69) is 30.0 Å². The van der Waals surface area contributed by atoms with Crippen molar-refractivity contribution < 1.29 is 19.1 Å². The van der Waals surface area contributed by atoms with Crippen LogP contribution in [0, 0.1) is 5.82 Å². The minimum Gasteiger partial charge on any atom is -0.478 e. The first-order valence-corrected chi connectivity index (χ1v) is 13.7. The summed E-state index contributed by atoms with van der Waals surface area (Å²) in [4.78, 5) is 24.7. The summed E-state index contributed by atoms with van der Waals surface area (Å²) in [6.45, 7) is 2.24. The number of rotatable bonds is 12. The molecule has 1 aromatic heterocycles. The molecule has 39 heavy (non-hydrogen) atoms. The van der Waals surface area contributed by atoms with Crippen LogP contribution >= 0.6 is 12.6 Å². The van der Waals surface area contributed by atoms with Crippen LogP contribution in [0.3, 0.4) is 0 Å². The van der Waals surface area contributed by atoms with E-state index in [1.165, 1.54) is 12.1 Å². The molecule has 3 aromatic carbocycles. The number of nitrogens with one attached hydrogen (secondary N) is 1. The molecule has 0 fully saturated rings. The summed E-state index contributed by atoms with van der Waals surface area (Å²) in [5.74, 6) is -1.34. The molecule has 0 aliphatic rings. The van der Waals surface area contributed by atoms with E-state index in [9.17, 15) is 14.7 Å². The topological polar surface area (TPSA) is 84.2 Å². The second-order valence-corrected chi connectivity index (χ2v) is 9.85. The summed E-state index contributed by atoms with van der Waals surface area (Å²) in [6.07, 6.45) is 3.25. The standard InChI is InChI=1S/C31H32FN3O3S/c1-2-3-11-25-18-29(30(36)33-24(20-39)16-21-9-5-4-6-10-21)34-35(25)19-23-15-14-22(17-28(23)32)26-12-7-8-13-27(26)31(37)38/h4-10,12-15,17-18,24,39H,2-3,11,16,19-20H2,1H3,(H,33,36)(H,37,38). The lowest BCUT2D eigenvalue weighted by Gasteiger charge is -2.16. The lowest BCUT2D eigenvalue weighted by Crippen LogP contribution is -2.38. The maximum absolute atomic E-state index is 15.3. The highest BCUT2D eigenvalue weighted by Gasteiger charge is 2.19. The van der Waals surface area contributed by atoms with E-state index in [1.807, 2.05) is 30.3 Å². The third-order valence-corrected chi connectivity index (χ3v) is 7.05. The number of aryl methyl sites for hydroxylation is 1. The molecule has 1 atom stereocenters. The molecule has 0 aliphatic heterocycles. The van der Waals surface area contributed by atoms with Crippen LogP contribution in [0.5, 0.6) is 0 Å². The van der Waals surface area contributed by atoms with E-state index in [0.717, 1.165) is 24.1 Å². The minimum atomic E-state index is -1.07. The van der Waals surface area contributed by atoms with Crippen molar-refractivity contribution in [3.8, 4) is 11.1 Å². The molecule has 4 aromatic rings. The van der Waals surface area contributed by atoms with Crippen molar-refractivity contribution >= 4 is 24.5 Å². The van der Waals surface area contributed by atoms with Gasteiger partial charge in [0.2, 0.25) is 0 Å². The fourth-order valence-corrected chi connectivity index (χ4v) is 4.73. The zero-order chi connectivity index (χ0) is 27.8. The highest BCUT2D eigenvalue weighted by Crippen LogP contribution is 2.26. The summed E-state index contributed by atoms with van der Waals surface area (Å²) < 4.78 is 16.9. The molecular weight excluding hydrogens is 513 g/mol. The molecule has 0 aliphatic carbocycles. The number of carbonyl (C=O) groups excluding carboxylic acids is 1. The number of nitrogens with zero attached hydrogens (tertiary/aromatic N) is 2. The Labute approximate surface area is 233 Å². The predicted molar refractivity (Wildman–Crippen MR) is 154 cm³/mol. The van der Waals surface area contributed by atoms with E-state index >= 15 is 4.39 Å². The number of carboxylic acid groups (broad SMARTS) is 1. The van der Waals surface area contributed by atoms with Gasteiger partial charge in [0.15, 0.2) is 0 Å². The largest absolute Gasteiger partial charge is 0.478 e. The molecule has 6 nitrogen and oxygen atoms in total. The molecule has 4 rings (SSSR count). The van der Waals surface area contributed by atoms with Crippen molar-refractivity contribution in [2.24, 2.45) is 0 Å². The highest BCUT2D eigenvalue weighted by molar-refractivity contribution is 7.80. The monoisotopic (exact) mass is 545 g/mol. The first-order valence-electron chi connectivity index (χ1n) is 13.0. The molecule has 1 amide bonds. The van der Waals surface area contributed by atoms with Gasteiger partial charge in [0.05, 0.1) is 12.1 Å². The summed E-state index contributed by atoms with van der Waals surface area (Å²) in [5.41, 5.74) is 3.69. The number of amides is 1. The Balaban J connectivity index is 1.55. The molecule has 0 radical (unpaired) electrons. The molecule has 0 bridgehead atoms. The first kappa shape index (κ1) is 28.1. The summed E-state index contributed by atoms with van der Waals surface area (Å²) in [6, 6.07) is 22.8. The van der Waals surface area contributed by atoms with Gasteiger partial charge in [-0.15, -0.1) is 0 Å². The van der Waals surface area contributed by atoms with Gasteiger partial charge in [-0.05, 0) is 54.2 Å². The van der Waals surface area contributed by atoms with Crippen molar-refractivity contribution in [3.63, 3.8) is 0 Å². The SMILES string of the molecule is CCCCc1cc(C(=O)NC(CS)Cc2ccccc2)nn1Cc1ccc(-c2ccccc2C(=O)O)cc1F. The molecule has 2 N–H and O–H groups in total. The van der Waals surface area contributed by atoms with Crippen molar-refractivity contribution in [2.75, 3.05) is 5.75 Å². The quantitative estimate of drug-likeness (QED) is 0.189. The van der Waals surface area contributed by atoms with E-state index in [1.54, 1.807) is 41.1 Å². The van der Waals surface area contributed by atoms with Gasteiger partial charge in [0.1, 0.15) is 11.5 Å². The molecule has 0 saturated carbocycles. The zero-order valence-corrected chi connectivity index (χ0v) is 22.7. The number of benzene rings is 3. The number of aromatic nitrogens is 2. The van der Waals surface area contributed by atoms with Crippen LogP contribution in [0.15, 0.2) is 78.9 Å². The third-order valence-electron chi connectivity index (χ3n) is 6.60. The minimum absolute atomic E-state index is 0.112. The van der Waals surface area contributed by atoms with Crippen LogP contribution in [0.25, 0.3) is 11.1 Å². The average molecular weight is 546 g/mol. The number of hydrogen-bond donors (Lipinski definition) is 3. The van der Waals surface area contributed by atoms with Crippen LogP contribution in [-0.2, 0) is 19.4 Å². The van der Waals surface area contributed by atoms with Gasteiger partial charge in [-0.2, -0.15) is 17.7 Å². The van der Waals surface area contributed by atoms with Crippen molar-refractivity contribution in [1.29, 1.82) is 0 Å². The Morgan fingerprint density at radius 2 is 1.79 bits per heavy atom. The van der Waals surface area contributed by atoms with Gasteiger partial charge in [0, 0.05) is 23.1 Å². The van der Waals surface area contributed by atoms with Crippen LogP contribution in [0.1, 0.15) is 57.4 Å². The van der Waals surface area contributed by atoms with E-state index in [0.29, 0.717) is 35.3 Å². The fourth-order valence-electron chi connectivity index (χ4n) is 4.51. The second kappa shape index (κ2) is 13.2. The number of carbonyl (C=O) groups is 2. The zero-order valence-electron chi connectivity index (χ0n) is 21.8. The molecule has 202 valence electrons. The predicted octanol–water partition coefficient (Wildman–Crippen LogP) is 6.05. The van der Waals surface area contributed by atoms with Gasteiger partial charge >= 0.3 is 5.97 Å². The van der Waals surface area contributed by atoms with Crippen LogP contribution in [0.4, 0.5) is 4.39 Å². The molecule has 0 spiro atoms. The number of halogens is 1. The number of hydrogen-bond acceptors (Lipinski definition) is 4.